The molecule has 1 saturated carbocycles. The molecule has 2 rings (SSSR count). The van der Waals surface area contributed by atoms with Crippen LogP contribution >= 0.6 is 0 Å². The highest BCUT2D eigenvalue weighted by atomic mass is 16.6. The topological polar surface area (TPSA) is 26.3 Å². The number of fused-ring (bicyclic) bond motifs is 1. The standard InChI is InChI=1S/C17H26O2/c1-12-8-9-13(10-14-6-5-7-15(12)14)11-16(18)19-17(2,3)4/h10,14-15H,1,5-9,11H2,2-4H3/t14-,15+/m0/s1. The van der Waals surface area contributed by atoms with Gasteiger partial charge in [0.05, 0.1) is 6.42 Å². The van der Waals surface area contributed by atoms with Crippen LogP contribution in [0.25, 0.3) is 0 Å². The van der Waals surface area contributed by atoms with E-state index in [4.69, 9.17) is 4.74 Å². The van der Waals surface area contributed by atoms with Gasteiger partial charge in [0.25, 0.3) is 0 Å². The number of allylic oxidation sites excluding steroid dienone is 2. The lowest BCUT2D eigenvalue weighted by molar-refractivity contribution is -0.153. The lowest BCUT2D eigenvalue weighted by Gasteiger charge is -2.20. The minimum atomic E-state index is -0.387. The SMILES string of the molecule is C=C1CCC(CC(=O)OC(C)(C)C)=C[C@@H]2CCC[C@H]12. The Kier molecular flexibility index (Phi) is 4.17. The van der Waals surface area contributed by atoms with Crippen LogP contribution in [0.15, 0.2) is 23.8 Å². The third-order valence-corrected chi connectivity index (χ3v) is 4.10. The Hall–Kier alpha value is -1.05. The zero-order chi connectivity index (χ0) is 14.0. The molecule has 2 nitrogen and oxygen atoms in total. The van der Waals surface area contributed by atoms with Crippen molar-refractivity contribution in [1.29, 1.82) is 0 Å². The summed E-state index contributed by atoms with van der Waals surface area (Å²) < 4.78 is 5.42. The fourth-order valence-electron chi connectivity index (χ4n) is 3.30. The van der Waals surface area contributed by atoms with E-state index in [0.29, 0.717) is 18.3 Å². The molecule has 19 heavy (non-hydrogen) atoms. The molecule has 0 aromatic rings. The number of hydrogen-bond donors (Lipinski definition) is 0. The van der Waals surface area contributed by atoms with E-state index in [-0.39, 0.29) is 11.6 Å². The van der Waals surface area contributed by atoms with Crippen LogP contribution in [0, 0.1) is 11.8 Å². The smallest absolute Gasteiger partial charge is 0.310 e. The van der Waals surface area contributed by atoms with Crippen LogP contribution in [0.2, 0.25) is 0 Å². The lowest BCUT2D eigenvalue weighted by Crippen LogP contribution is -2.24. The van der Waals surface area contributed by atoms with Gasteiger partial charge in [-0.25, -0.2) is 0 Å². The van der Waals surface area contributed by atoms with E-state index >= 15 is 0 Å². The summed E-state index contributed by atoms with van der Waals surface area (Å²) in [5.74, 6) is 1.18. The van der Waals surface area contributed by atoms with E-state index in [0.717, 1.165) is 12.8 Å². The molecule has 0 N–H and O–H groups in total. The molecule has 2 atom stereocenters. The molecule has 0 aromatic heterocycles. The van der Waals surface area contributed by atoms with Crippen molar-refractivity contribution in [1.82, 2.24) is 0 Å². The van der Waals surface area contributed by atoms with Crippen LogP contribution in [0.3, 0.4) is 0 Å². The molecule has 0 spiro atoms. The average molecular weight is 262 g/mol. The molecule has 0 radical (unpaired) electrons. The second-order valence-corrected chi connectivity index (χ2v) is 6.95. The average Bonchev–Trinajstić information content (AvgIpc) is 2.65. The van der Waals surface area contributed by atoms with Gasteiger partial charge in [0.1, 0.15) is 5.60 Å². The third kappa shape index (κ3) is 3.95. The van der Waals surface area contributed by atoms with Gasteiger partial charge in [-0.15, -0.1) is 0 Å². The first-order valence-electron chi connectivity index (χ1n) is 7.44. The van der Waals surface area contributed by atoms with Gasteiger partial charge in [0.15, 0.2) is 0 Å². The molecular formula is C17H26O2. The highest BCUT2D eigenvalue weighted by Crippen LogP contribution is 2.42. The molecular weight excluding hydrogens is 236 g/mol. The molecule has 1 fully saturated rings. The van der Waals surface area contributed by atoms with Crippen molar-refractivity contribution in [2.75, 3.05) is 0 Å². The van der Waals surface area contributed by atoms with Crippen LogP contribution in [0.4, 0.5) is 0 Å². The summed E-state index contributed by atoms with van der Waals surface area (Å²) in [4.78, 5) is 11.9. The predicted molar refractivity (Wildman–Crippen MR) is 77.8 cm³/mol. The van der Waals surface area contributed by atoms with Gasteiger partial charge in [-0.1, -0.05) is 30.2 Å². The molecule has 106 valence electrons. The molecule has 0 aromatic carbocycles. The summed E-state index contributed by atoms with van der Waals surface area (Å²) in [5, 5.41) is 0. The Labute approximate surface area is 116 Å². The Balaban J connectivity index is 2.00. The van der Waals surface area contributed by atoms with Gasteiger partial charge >= 0.3 is 5.97 Å². The Bertz CT molecular complexity index is 398. The summed E-state index contributed by atoms with van der Waals surface area (Å²) in [6.45, 7) is 9.99. The summed E-state index contributed by atoms with van der Waals surface area (Å²) >= 11 is 0. The van der Waals surface area contributed by atoms with Crippen molar-refractivity contribution < 1.29 is 9.53 Å². The largest absolute Gasteiger partial charge is 0.460 e. The van der Waals surface area contributed by atoms with Crippen molar-refractivity contribution >= 4 is 5.97 Å². The maximum absolute atomic E-state index is 11.9. The van der Waals surface area contributed by atoms with E-state index in [9.17, 15) is 4.79 Å². The normalized spacial score (nSPS) is 27.5. The van der Waals surface area contributed by atoms with Crippen LogP contribution in [-0.2, 0) is 9.53 Å². The number of rotatable bonds is 2. The fourth-order valence-corrected chi connectivity index (χ4v) is 3.30. The second kappa shape index (κ2) is 5.52. The van der Waals surface area contributed by atoms with Gasteiger partial charge in [0.2, 0.25) is 0 Å². The molecule has 0 unspecified atom stereocenters. The number of esters is 1. The number of hydrogen-bond acceptors (Lipinski definition) is 2. The maximum atomic E-state index is 11.9. The molecule has 2 aliphatic rings. The van der Waals surface area contributed by atoms with E-state index in [1.807, 2.05) is 20.8 Å². The van der Waals surface area contributed by atoms with Crippen molar-refractivity contribution in [3.63, 3.8) is 0 Å². The second-order valence-electron chi connectivity index (χ2n) is 6.95. The summed E-state index contributed by atoms with van der Waals surface area (Å²) in [5.41, 5.74) is 2.25. The fraction of sp³-hybridized carbons (Fsp3) is 0.706. The minimum absolute atomic E-state index is 0.0965. The Morgan fingerprint density at radius 1 is 1.37 bits per heavy atom. The van der Waals surface area contributed by atoms with Crippen LogP contribution in [0.1, 0.15) is 59.3 Å². The third-order valence-electron chi connectivity index (χ3n) is 4.10. The highest BCUT2D eigenvalue weighted by Gasteiger charge is 2.30. The van der Waals surface area contributed by atoms with Gasteiger partial charge in [0, 0.05) is 0 Å². The minimum Gasteiger partial charge on any atom is -0.460 e. The number of carbonyl (C=O) groups excluding carboxylic acids is 1. The molecule has 2 heteroatoms. The monoisotopic (exact) mass is 262 g/mol. The zero-order valence-corrected chi connectivity index (χ0v) is 12.5. The predicted octanol–water partition coefficient (Wildman–Crippen LogP) is 4.41. The van der Waals surface area contributed by atoms with Crippen LogP contribution in [0.5, 0.6) is 0 Å². The van der Waals surface area contributed by atoms with Crippen molar-refractivity contribution in [2.24, 2.45) is 11.8 Å². The molecule has 2 aliphatic carbocycles. The Morgan fingerprint density at radius 3 is 2.79 bits per heavy atom. The quantitative estimate of drug-likeness (QED) is 0.544. The van der Waals surface area contributed by atoms with E-state index in [2.05, 4.69) is 12.7 Å². The molecule has 0 bridgehead atoms. The summed E-state index contributed by atoms with van der Waals surface area (Å²) in [6, 6.07) is 0. The van der Waals surface area contributed by atoms with Crippen molar-refractivity contribution in [3.05, 3.63) is 23.8 Å². The lowest BCUT2D eigenvalue weighted by atomic mass is 9.89. The summed E-state index contributed by atoms with van der Waals surface area (Å²) in [7, 11) is 0. The first-order chi connectivity index (χ1) is 8.85. The van der Waals surface area contributed by atoms with Crippen molar-refractivity contribution in [2.45, 2.75) is 64.9 Å². The number of ether oxygens (including phenoxy) is 1. The van der Waals surface area contributed by atoms with Crippen molar-refractivity contribution in [3.8, 4) is 0 Å². The maximum Gasteiger partial charge on any atom is 0.310 e. The first kappa shape index (κ1) is 14.4. The van der Waals surface area contributed by atoms with Gasteiger partial charge in [-0.2, -0.15) is 0 Å². The molecule has 0 aliphatic heterocycles. The first-order valence-corrected chi connectivity index (χ1v) is 7.44. The highest BCUT2D eigenvalue weighted by molar-refractivity contribution is 5.73. The Morgan fingerprint density at radius 2 is 2.11 bits per heavy atom. The van der Waals surface area contributed by atoms with Crippen LogP contribution < -0.4 is 0 Å². The van der Waals surface area contributed by atoms with Gasteiger partial charge < -0.3 is 4.74 Å². The molecule has 0 saturated heterocycles. The number of carbonyl (C=O) groups is 1. The van der Waals surface area contributed by atoms with Gasteiger partial charge in [-0.05, 0) is 58.3 Å². The van der Waals surface area contributed by atoms with Gasteiger partial charge in [-0.3, -0.25) is 4.79 Å². The van der Waals surface area contributed by atoms with E-state index in [1.54, 1.807) is 0 Å². The zero-order valence-electron chi connectivity index (χ0n) is 12.5. The van der Waals surface area contributed by atoms with E-state index < -0.39 is 0 Å². The van der Waals surface area contributed by atoms with E-state index in [1.165, 1.54) is 30.4 Å². The molecule has 0 heterocycles. The summed E-state index contributed by atoms with van der Waals surface area (Å²) in [6.07, 6.45) is 8.64. The van der Waals surface area contributed by atoms with Crippen LogP contribution in [-0.4, -0.2) is 11.6 Å². The molecule has 0 amide bonds.